The molecule has 0 radical (unpaired) electrons. The molecule has 0 fully saturated rings. The standard InChI is InChI=1S/C25H24N2O4/c1-3-30-21-12-10-20(11-13-21)25(19-7-5-4-6-8-19)27-24(28)17-31-22-14-9-18(16-26)15-23(22)29-2/h4-15,25H,3,17H2,1-2H3,(H,27,28). The van der Waals surface area contributed by atoms with Crippen LogP contribution in [0.15, 0.2) is 72.8 Å². The van der Waals surface area contributed by atoms with Gasteiger partial charge in [0.05, 0.1) is 31.4 Å². The molecule has 6 heteroatoms. The van der Waals surface area contributed by atoms with Gasteiger partial charge in [-0.1, -0.05) is 42.5 Å². The predicted molar refractivity (Wildman–Crippen MR) is 117 cm³/mol. The highest BCUT2D eigenvalue weighted by Gasteiger charge is 2.18. The summed E-state index contributed by atoms with van der Waals surface area (Å²) in [5.41, 5.74) is 2.34. The first-order chi connectivity index (χ1) is 15.1. The number of nitriles is 1. The Morgan fingerprint density at radius 1 is 0.968 bits per heavy atom. The predicted octanol–water partition coefficient (Wildman–Crippen LogP) is 4.25. The van der Waals surface area contributed by atoms with Crippen molar-refractivity contribution >= 4 is 5.91 Å². The number of carbonyl (C=O) groups excluding carboxylic acids is 1. The summed E-state index contributed by atoms with van der Waals surface area (Å²) in [6.07, 6.45) is 0. The lowest BCUT2D eigenvalue weighted by Crippen LogP contribution is -2.33. The van der Waals surface area contributed by atoms with E-state index in [0.717, 1.165) is 16.9 Å². The summed E-state index contributed by atoms with van der Waals surface area (Å²) in [4.78, 5) is 12.7. The number of amides is 1. The lowest BCUT2D eigenvalue weighted by molar-refractivity contribution is -0.123. The van der Waals surface area contributed by atoms with Crippen LogP contribution in [0.2, 0.25) is 0 Å². The number of hydrogen-bond donors (Lipinski definition) is 1. The van der Waals surface area contributed by atoms with Crippen molar-refractivity contribution in [2.75, 3.05) is 20.3 Å². The van der Waals surface area contributed by atoms with Crippen molar-refractivity contribution in [3.8, 4) is 23.3 Å². The first kappa shape index (κ1) is 21.7. The van der Waals surface area contributed by atoms with Crippen LogP contribution in [0.5, 0.6) is 17.2 Å². The molecular formula is C25H24N2O4. The molecule has 1 unspecified atom stereocenters. The van der Waals surface area contributed by atoms with Crippen LogP contribution in [-0.2, 0) is 4.79 Å². The summed E-state index contributed by atoms with van der Waals surface area (Å²) in [5, 5.41) is 12.0. The zero-order chi connectivity index (χ0) is 22.1. The highest BCUT2D eigenvalue weighted by molar-refractivity contribution is 5.78. The molecule has 1 amide bonds. The maximum atomic E-state index is 12.7. The Kier molecular flexibility index (Phi) is 7.50. The Balaban J connectivity index is 1.74. The average molecular weight is 416 g/mol. The molecule has 0 heterocycles. The number of nitrogens with zero attached hydrogens (tertiary/aromatic N) is 1. The van der Waals surface area contributed by atoms with Gasteiger partial charge >= 0.3 is 0 Å². The van der Waals surface area contributed by atoms with Crippen molar-refractivity contribution in [2.24, 2.45) is 0 Å². The molecule has 0 spiro atoms. The summed E-state index contributed by atoms with van der Waals surface area (Å²) >= 11 is 0. The highest BCUT2D eigenvalue weighted by Crippen LogP contribution is 2.28. The summed E-state index contributed by atoms with van der Waals surface area (Å²) in [6, 6.07) is 23.9. The second-order valence-corrected chi connectivity index (χ2v) is 6.68. The quantitative estimate of drug-likeness (QED) is 0.564. The van der Waals surface area contributed by atoms with Gasteiger partial charge in [-0.2, -0.15) is 5.26 Å². The van der Waals surface area contributed by atoms with Crippen molar-refractivity contribution < 1.29 is 19.0 Å². The molecule has 1 atom stereocenters. The first-order valence-corrected chi connectivity index (χ1v) is 9.92. The molecule has 1 N–H and O–H groups in total. The van der Waals surface area contributed by atoms with Gasteiger partial charge in [-0.05, 0) is 42.3 Å². The summed E-state index contributed by atoms with van der Waals surface area (Å²) in [6.45, 7) is 2.33. The Hall–Kier alpha value is -3.98. The van der Waals surface area contributed by atoms with Crippen molar-refractivity contribution in [1.29, 1.82) is 5.26 Å². The van der Waals surface area contributed by atoms with Crippen LogP contribution >= 0.6 is 0 Å². The lowest BCUT2D eigenvalue weighted by atomic mass is 9.98. The Labute approximate surface area is 182 Å². The van der Waals surface area contributed by atoms with Gasteiger partial charge in [0.25, 0.3) is 5.91 Å². The molecule has 0 saturated heterocycles. The van der Waals surface area contributed by atoms with E-state index in [-0.39, 0.29) is 18.6 Å². The summed E-state index contributed by atoms with van der Waals surface area (Å²) in [7, 11) is 1.49. The molecule has 3 aromatic carbocycles. The van der Waals surface area contributed by atoms with Crippen LogP contribution < -0.4 is 19.5 Å². The molecule has 0 bridgehead atoms. The van der Waals surface area contributed by atoms with Gasteiger partial charge in [-0.25, -0.2) is 0 Å². The summed E-state index contributed by atoms with van der Waals surface area (Å²) < 4.78 is 16.4. The van der Waals surface area contributed by atoms with E-state index in [1.807, 2.05) is 67.6 Å². The minimum atomic E-state index is -0.337. The number of benzene rings is 3. The van der Waals surface area contributed by atoms with Crippen molar-refractivity contribution in [2.45, 2.75) is 13.0 Å². The second kappa shape index (κ2) is 10.7. The van der Waals surface area contributed by atoms with Gasteiger partial charge in [0.2, 0.25) is 0 Å². The van der Waals surface area contributed by atoms with Crippen LogP contribution in [0.25, 0.3) is 0 Å². The highest BCUT2D eigenvalue weighted by atomic mass is 16.5. The first-order valence-electron chi connectivity index (χ1n) is 9.92. The van der Waals surface area contributed by atoms with Crippen LogP contribution in [0.4, 0.5) is 0 Å². The normalized spacial score (nSPS) is 11.1. The monoisotopic (exact) mass is 416 g/mol. The number of nitrogens with one attached hydrogen (secondary N) is 1. The summed E-state index contributed by atoms with van der Waals surface area (Å²) in [5.74, 6) is 1.29. The number of ether oxygens (including phenoxy) is 3. The molecule has 0 aliphatic heterocycles. The second-order valence-electron chi connectivity index (χ2n) is 6.68. The topological polar surface area (TPSA) is 80.6 Å². The van der Waals surface area contributed by atoms with Crippen molar-refractivity contribution in [3.63, 3.8) is 0 Å². The van der Waals surface area contributed by atoms with E-state index in [1.165, 1.54) is 7.11 Å². The third kappa shape index (κ3) is 5.77. The van der Waals surface area contributed by atoms with Gasteiger partial charge in [-0.3, -0.25) is 4.79 Å². The Morgan fingerprint density at radius 2 is 1.68 bits per heavy atom. The van der Waals surface area contributed by atoms with Crippen LogP contribution in [0, 0.1) is 11.3 Å². The number of hydrogen-bond acceptors (Lipinski definition) is 5. The van der Waals surface area contributed by atoms with Crippen LogP contribution in [0.1, 0.15) is 29.7 Å². The largest absolute Gasteiger partial charge is 0.494 e. The maximum Gasteiger partial charge on any atom is 0.258 e. The van der Waals surface area contributed by atoms with E-state index in [1.54, 1.807) is 18.2 Å². The van der Waals surface area contributed by atoms with Crippen LogP contribution in [-0.4, -0.2) is 26.2 Å². The Bertz CT molecular complexity index is 1040. The van der Waals surface area contributed by atoms with E-state index < -0.39 is 0 Å². The van der Waals surface area contributed by atoms with Gasteiger partial charge in [-0.15, -0.1) is 0 Å². The van der Waals surface area contributed by atoms with E-state index in [9.17, 15) is 4.79 Å². The molecule has 0 saturated carbocycles. The van der Waals surface area contributed by atoms with Crippen molar-refractivity contribution in [1.82, 2.24) is 5.32 Å². The average Bonchev–Trinajstić information content (AvgIpc) is 2.82. The Morgan fingerprint density at radius 3 is 2.32 bits per heavy atom. The minimum absolute atomic E-state index is 0.192. The van der Waals surface area contributed by atoms with Gasteiger partial charge in [0, 0.05) is 6.07 Å². The molecule has 0 aliphatic carbocycles. The fraction of sp³-hybridized carbons (Fsp3) is 0.200. The molecule has 3 aromatic rings. The molecule has 31 heavy (non-hydrogen) atoms. The zero-order valence-corrected chi connectivity index (χ0v) is 17.5. The molecular weight excluding hydrogens is 392 g/mol. The van der Waals surface area contributed by atoms with E-state index in [4.69, 9.17) is 19.5 Å². The maximum absolute atomic E-state index is 12.7. The van der Waals surface area contributed by atoms with E-state index in [2.05, 4.69) is 5.32 Å². The smallest absolute Gasteiger partial charge is 0.258 e. The molecule has 0 aromatic heterocycles. The molecule has 6 nitrogen and oxygen atoms in total. The SMILES string of the molecule is CCOc1ccc(C(NC(=O)COc2ccc(C#N)cc2OC)c2ccccc2)cc1. The number of methoxy groups -OCH3 is 1. The van der Waals surface area contributed by atoms with Gasteiger partial charge in [0.15, 0.2) is 18.1 Å². The zero-order valence-electron chi connectivity index (χ0n) is 17.5. The number of carbonyl (C=O) groups is 1. The van der Waals surface area contributed by atoms with E-state index in [0.29, 0.717) is 23.7 Å². The molecule has 3 rings (SSSR count). The van der Waals surface area contributed by atoms with Gasteiger partial charge in [0.1, 0.15) is 5.75 Å². The number of rotatable bonds is 9. The minimum Gasteiger partial charge on any atom is -0.494 e. The van der Waals surface area contributed by atoms with Crippen molar-refractivity contribution in [3.05, 3.63) is 89.5 Å². The third-order valence-corrected chi connectivity index (χ3v) is 4.61. The fourth-order valence-corrected chi connectivity index (χ4v) is 3.13. The third-order valence-electron chi connectivity index (χ3n) is 4.61. The fourth-order valence-electron chi connectivity index (χ4n) is 3.13. The lowest BCUT2D eigenvalue weighted by Gasteiger charge is -2.20. The molecule has 0 aliphatic rings. The van der Waals surface area contributed by atoms with Gasteiger partial charge < -0.3 is 19.5 Å². The van der Waals surface area contributed by atoms with E-state index >= 15 is 0 Å². The molecule has 158 valence electrons. The van der Waals surface area contributed by atoms with Crippen LogP contribution in [0.3, 0.4) is 0 Å².